The van der Waals surface area contributed by atoms with Crippen LogP contribution >= 0.6 is 0 Å². The Labute approximate surface area is 206 Å². The van der Waals surface area contributed by atoms with Gasteiger partial charge in [-0.15, -0.1) is 0 Å². The third kappa shape index (κ3) is 9.52. The number of carboxylic acid groups (broad SMARTS) is 1. The van der Waals surface area contributed by atoms with E-state index in [0.717, 1.165) is 11.1 Å². The summed E-state index contributed by atoms with van der Waals surface area (Å²) in [4.78, 5) is 37.3. The van der Waals surface area contributed by atoms with Crippen molar-refractivity contribution in [2.45, 2.75) is 45.7 Å². The number of carbonyl (C=O) groups is 3. The lowest BCUT2D eigenvalue weighted by atomic mass is 10.0. The summed E-state index contributed by atoms with van der Waals surface area (Å²) in [5.74, 6) is -0.869. The minimum atomic E-state index is -1.16. The molecule has 8 heteroatoms. The quantitative estimate of drug-likeness (QED) is 0.356. The van der Waals surface area contributed by atoms with Crippen LogP contribution in [0.4, 0.5) is 0 Å². The summed E-state index contributed by atoms with van der Waals surface area (Å²) in [5, 5.41) is 14.9. The average Bonchev–Trinajstić information content (AvgIpc) is 2.81. The van der Waals surface area contributed by atoms with Crippen molar-refractivity contribution < 1.29 is 29.0 Å². The first-order valence-electron chi connectivity index (χ1n) is 11.5. The van der Waals surface area contributed by atoms with Crippen LogP contribution in [-0.4, -0.2) is 48.2 Å². The van der Waals surface area contributed by atoms with E-state index >= 15 is 0 Å². The molecule has 3 N–H and O–H groups in total. The maximum absolute atomic E-state index is 13.0. The summed E-state index contributed by atoms with van der Waals surface area (Å²) in [6, 6.07) is 12.2. The number of ether oxygens (including phenoxy) is 2. The van der Waals surface area contributed by atoms with E-state index in [1.165, 1.54) is 0 Å². The highest BCUT2D eigenvalue weighted by Crippen LogP contribution is 2.16. The standard InChI is InChI=1S/C27H34N2O6/c1-5-14-34-21-12-10-20(11-13-21)16-23(27(32)33)29-26(31)22(15-18(2)3)28-25(30)17-35-24-9-7-6-8-19(24)4/h5-13,18,22-23H,1,14-17H2,2-4H3,(H,28,30)(H,29,31)(H,32,33). The molecule has 0 saturated heterocycles. The number of carbonyl (C=O) groups excluding carboxylic acids is 2. The van der Waals surface area contributed by atoms with Crippen LogP contribution in [0.5, 0.6) is 11.5 Å². The van der Waals surface area contributed by atoms with Gasteiger partial charge in [-0.3, -0.25) is 9.59 Å². The molecule has 0 aliphatic heterocycles. The molecular weight excluding hydrogens is 448 g/mol. The molecule has 0 fully saturated rings. The Morgan fingerprint density at radius 1 is 1.00 bits per heavy atom. The van der Waals surface area contributed by atoms with Crippen molar-refractivity contribution in [2.24, 2.45) is 5.92 Å². The van der Waals surface area contributed by atoms with Gasteiger partial charge in [0, 0.05) is 6.42 Å². The molecule has 35 heavy (non-hydrogen) atoms. The van der Waals surface area contributed by atoms with Crippen molar-refractivity contribution in [3.8, 4) is 11.5 Å². The van der Waals surface area contributed by atoms with Crippen molar-refractivity contribution in [3.05, 3.63) is 72.3 Å². The first kappa shape index (κ1) is 27.4. The topological polar surface area (TPSA) is 114 Å². The zero-order valence-electron chi connectivity index (χ0n) is 20.5. The van der Waals surface area contributed by atoms with Gasteiger partial charge in [-0.1, -0.05) is 56.8 Å². The molecule has 2 aromatic rings. The zero-order valence-corrected chi connectivity index (χ0v) is 20.5. The van der Waals surface area contributed by atoms with Gasteiger partial charge in [-0.25, -0.2) is 4.79 Å². The van der Waals surface area contributed by atoms with E-state index in [2.05, 4.69) is 17.2 Å². The first-order valence-corrected chi connectivity index (χ1v) is 11.5. The van der Waals surface area contributed by atoms with Gasteiger partial charge in [0.15, 0.2) is 6.61 Å². The number of nitrogens with one attached hydrogen (secondary N) is 2. The summed E-state index contributed by atoms with van der Waals surface area (Å²) < 4.78 is 11.0. The largest absolute Gasteiger partial charge is 0.490 e. The second kappa shape index (κ2) is 13.8. The van der Waals surface area contributed by atoms with E-state index in [1.54, 1.807) is 36.4 Å². The number of benzene rings is 2. The molecule has 0 heterocycles. The predicted octanol–water partition coefficient (Wildman–Crippen LogP) is 3.28. The molecule has 0 radical (unpaired) electrons. The Bertz CT molecular complexity index is 1000. The van der Waals surface area contributed by atoms with Crippen LogP contribution < -0.4 is 20.1 Å². The van der Waals surface area contributed by atoms with Gasteiger partial charge < -0.3 is 25.2 Å². The fourth-order valence-electron chi connectivity index (χ4n) is 3.39. The minimum Gasteiger partial charge on any atom is -0.490 e. The Morgan fingerprint density at radius 3 is 2.29 bits per heavy atom. The highest BCUT2D eigenvalue weighted by molar-refractivity contribution is 5.90. The number of hydrogen-bond acceptors (Lipinski definition) is 5. The molecule has 0 saturated carbocycles. The van der Waals surface area contributed by atoms with E-state index in [9.17, 15) is 19.5 Å². The van der Waals surface area contributed by atoms with Crippen LogP contribution in [0.15, 0.2) is 61.2 Å². The van der Waals surface area contributed by atoms with Gasteiger partial charge >= 0.3 is 5.97 Å². The van der Waals surface area contributed by atoms with E-state index in [0.29, 0.717) is 24.5 Å². The molecule has 0 aliphatic carbocycles. The minimum absolute atomic E-state index is 0.0849. The van der Waals surface area contributed by atoms with Crippen molar-refractivity contribution in [1.29, 1.82) is 0 Å². The SMILES string of the molecule is C=CCOc1ccc(CC(NC(=O)C(CC(C)C)NC(=O)COc2ccccc2C)C(=O)O)cc1. The van der Waals surface area contributed by atoms with Crippen LogP contribution in [-0.2, 0) is 20.8 Å². The first-order chi connectivity index (χ1) is 16.7. The van der Waals surface area contributed by atoms with Crippen LogP contribution in [0.2, 0.25) is 0 Å². The molecule has 2 atom stereocenters. The Balaban J connectivity index is 2.00. The molecule has 0 aliphatic rings. The fraction of sp³-hybridized carbons (Fsp3) is 0.370. The predicted molar refractivity (Wildman–Crippen MR) is 133 cm³/mol. The molecule has 2 rings (SSSR count). The molecule has 188 valence electrons. The lowest BCUT2D eigenvalue weighted by Crippen LogP contribution is -2.53. The summed E-state index contributed by atoms with van der Waals surface area (Å²) in [6.45, 7) is 9.41. The summed E-state index contributed by atoms with van der Waals surface area (Å²) >= 11 is 0. The molecule has 0 aromatic heterocycles. The monoisotopic (exact) mass is 482 g/mol. The van der Waals surface area contributed by atoms with Gasteiger partial charge in [0.1, 0.15) is 30.2 Å². The number of aryl methyl sites for hydroxylation is 1. The summed E-state index contributed by atoms with van der Waals surface area (Å²) in [7, 11) is 0. The van der Waals surface area contributed by atoms with Crippen LogP contribution in [0.1, 0.15) is 31.4 Å². The lowest BCUT2D eigenvalue weighted by Gasteiger charge is -2.23. The third-order valence-electron chi connectivity index (χ3n) is 5.16. The van der Waals surface area contributed by atoms with Gasteiger partial charge in [0.2, 0.25) is 5.91 Å². The maximum Gasteiger partial charge on any atom is 0.326 e. The number of para-hydroxylation sites is 1. The lowest BCUT2D eigenvalue weighted by molar-refractivity contribution is -0.142. The third-order valence-corrected chi connectivity index (χ3v) is 5.16. The smallest absolute Gasteiger partial charge is 0.326 e. The molecule has 2 amide bonds. The Hall–Kier alpha value is -3.81. The number of amides is 2. The van der Waals surface area contributed by atoms with Crippen LogP contribution in [0, 0.1) is 12.8 Å². The number of hydrogen-bond donors (Lipinski definition) is 3. The van der Waals surface area contributed by atoms with Gasteiger partial charge in [0.25, 0.3) is 5.91 Å². The van der Waals surface area contributed by atoms with Crippen molar-refractivity contribution in [1.82, 2.24) is 10.6 Å². The maximum atomic E-state index is 13.0. The van der Waals surface area contributed by atoms with Gasteiger partial charge in [-0.05, 0) is 48.6 Å². The molecule has 2 unspecified atom stereocenters. The van der Waals surface area contributed by atoms with Crippen molar-refractivity contribution in [3.63, 3.8) is 0 Å². The Morgan fingerprint density at radius 2 is 1.69 bits per heavy atom. The van der Waals surface area contributed by atoms with Crippen LogP contribution in [0.25, 0.3) is 0 Å². The molecule has 0 bridgehead atoms. The van der Waals surface area contributed by atoms with Crippen LogP contribution in [0.3, 0.4) is 0 Å². The highest BCUT2D eigenvalue weighted by Gasteiger charge is 2.27. The van der Waals surface area contributed by atoms with E-state index in [4.69, 9.17) is 9.47 Å². The number of rotatable bonds is 14. The highest BCUT2D eigenvalue weighted by atomic mass is 16.5. The summed E-state index contributed by atoms with van der Waals surface area (Å²) in [6.07, 6.45) is 2.07. The van der Waals surface area contributed by atoms with Crippen molar-refractivity contribution >= 4 is 17.8 Å². The zero-order chi connectivity index (χ0) is 25.8. The summed E-state index contributed by atoms with van der Waals surface area (Å²) in [5.41, 5.74) is 1.61. The second-order valence-corrected chi connectivity index (χ2v) is 8.65. The molecule has 0 spiro atoms. The Kier molecular flexibility index (Phi) is 10.8. The van der Waals surface area contributed by atoms with Gasteiger partial charge in [0.05, 0.1) is 0 Å². The van der Waals surface area contributed by atoms with E-state index in [1.807, 2.05) is 39.0 Å². The molecular formula is C27H34N2O6. The average molecular weight is 483 g/mol. The second-order valence-electron chi connectivity index (χ2n) is 8.65. The normalized spacial score (nSPS) is 12.3. The molecule has 8 nitrogen and oxygen atoms in total. The van der Waals surface area contributed by atoms with E-state index < -0.39 is 29.9 Å². The van der Waals surface area contributed by atoms with E-state index in [-0.39, 0.29) is 18.9 Å². The fourth-order valence-corrected chi connectivity index (χ4v) is 3.39. The van der Waals surface area contributed by atoms with Gasteiger partial charge in [-0.2, -0.15) is 0 Å². The number of aliphatic carboxylic acids is 1. The van der Waals surface area contributed by atoms with Crippen molar-refractivity contribution in [2.75, 3.05) is 13.2 Å². The molecule has 2 aromatic carbocycles. The number of carboxylic acids is 1.